The van der Waals surface area contributed by atoms with Gasteiger partial charge in [0, 0.05) is 25.7 Å². The Labute approximate surface area is 549 Å². The zero-order chi connectivity index (χ0) is 71.5. The second kappa shape index (κ2) is 31.0. The number of allylic oxidation sites excluding steroid dienone is 1. The predicted molar refractivity (Wildman–Crippen MR) is 365 cm³/mol. The van der Waals surface area contributed by atoms with Crippen molar-refractivity contribution in [2.45, 2.75) is 158 Å². The molecule has 23 nitrogen and oxygen atoms in total. The summed E-state index contributed by atoms with van der Waals surface area (Å²) in [5.41, 5.74) is 10.8. The summed E-state index contributed by atoms with van der Waals surface area (Å²) >= 11 is 0. The van der Waals surface area contributed by atoms with Crippen LogP contribution in [-0.2, 0) is 86.4 Å². The van der Waals surface area contributed by atoms with Crippen molar-refractivity contribution in [2.75, 3.05) is 0 Å². The molecule has 0 heterocycles. The highest BCUT2D eigenvalue weighted by atomic mass is 32.2. The van der Waals surface area contributed by atoms with Gasteiger partial charge in [-0.2, -0.15) is 0 Å². The predicted octanol–water partition coefficient (Wildman–Crippen LogP) is 10.3. The summed E-state index contributed by atoms with van der Waals surface area (Å²) in [6, 6.07) is 44.2. The first-order valence-corrected chi connectivity index (χ1v) is 38.9. The quantitative estimate of drug-likeness (QED) is 0.0280. The van der Waals surface area contributed by atoms with Crippen molar-refractivity contribution < 1.29 is 58.9 Å². The van der Waals surface area contributed by atoms with E-state index in [1.165, 1.54) is 36.4 Å². The molecule has 0 aliphatic rings. The largest absolute Gasteiger partial charge is 0.264 e. The maximum Gasteiger partial charge on any atom is 0.264 e. The maximum atomic E-state index is 12.4. The lowest BCUT2D eigenvalue weighted by molar-refractivity contribution is 0.293. The number of hydrogen-bond donors (Lipinski definition) is 6. The van der Waals surface area contributed by atoms with Crippen LogP contribution in [0.4, 0.5) is 0 Å². The first kappa shape index (κ1) is 80.2. The van der Waals surface area contributed by atoms with Gasteiger partial charge >= 0.3 is 0 Å². The summed E-state index contributed by atoms with van der Waals surface area (Å²) in [5.74, 6) is 0.145. The van der Waals surface area contributed by atoms with E-state index in [9.17, 15) is 58.9 Å². The van der Waals surface area contributed by atoms with Crippen molar-refractivity contribution in [3.05, 3.63) is 225 Å². The van der Waals surface area contributed by atoms with Gasteiger partial charge in [-0.05, 0) is 117 Å². The van der Waals surface area contributed by atoms with Crippen LogP contribution >= 0.6 is 0 Å². The van der Waals surface area contributed by atoms with Crippen LogP contribution in [-0.4, -0.2) is 58.9 Å². The Bertz CT molecular complexity index is 4680. The van der Waals surface area contributed by atoms with Gasteiger partial charge in [0.05, 0.1) is 34.3 Å². The third-order valence-electron chi connectivity index (χ3n) is 15.3. The van der Waals surface area contributed by atoms with E-state index in [4.69, 9.17) is 36.4 Å². The van der Waals surface area contributed by atoms with Crippen molar-refractivity contribution in [3.63, 3.8) is 0 Å². The van der Waals surface area contributed by atoms with E-state index < -0.39 is 86.4 Å². The first-order valence-electron chi connectivity index (χ1n) is 28.2. The van der Waals surface area contributed by atoms with Gasteiger partial charge in [-0.25, -0.2) is 89.8 Å². The monoisotopic (exact) mass is 1410 g/mol. The van der Waals surface area contributed by atoms with Gasteiger partial charge in [0.15, 0.2) is 0 Å². The molecule has 0 spiro atoms. The fraction of sp³-hybridized carbons (Fsp3) is 0.302. The highest BCUT2D eigenvalue weighted by molar-refractivity contribution is 7.91. The number of nitrogens with zero attached hydrogens (tertiary/aromatic N) is 3. The Hall–Kier alpha value is -7.00. The average Bonchev–Trinajstić information content (AvgIpc) is 0.748. The Kier molecular flexibility index (Phi) is 26.8. The van der Waals surface area contributed by atoms with Gasteiger partial charge < -0.3 is 0 Å². The second-order valence-electron chi connectivity index (χ2n) is 23.8. The molecular weight excluding hydrogens is 1330 g/mol. The first-order chi connectivity index (χ1) is 42.3. The van der Waals surface area contributed by atoms with Crippen molar-refractivity contribution >= 4 is 75.7 Å². The van der Waals surface area contributed by atoms with Crippen molar-refractivity contribution in [3.8, 4) is 0 Å². The van der Waals surface area contributed by atoms with Crippen LogP contribution in [0.1, 0.15) is 152 Å². The van der Waals surface area contributed by atoms with E-state index in [1.54, 1.807) is 142 Å². The molecule has 506 valence electrons. The third kappa shape index (κ3) is 20.7. The molecule has 0 aliphatic carbocycles. The lowest BCUT2D eigenvalue weighted by Crippen LogP contribution is -2.42. The van der Waals surface area contributed by atoms with E-state index in [0.717, 1.165) is 5.56 Å². The van der Waals surface area contributed by atoms with Crippen LogP contribution in [0.2, 0.25) is 0 Å². The number of sulfonamides is 7. The Morgan fingerprint density at radius 2 is 0.656 bits per heavy atom. The minimum absolute atomic E-state index is 0.0196. The summed E-state index contributed by atoms with van der Waals surface area (Å²) in [5, 5.41) is 31.8. The Morgan fingerprint density at radius 1 is 0.376 bits per heavy atom. The summed E-state index contributed by atoms with van der Waals surface area (Å²) in [6.45, 7) is 27.7. The lowest BCUT2D eigenvalue weighted by atomic mass is 9.61. The molecule has 0 aromatic heterocycles. The van der Waals surface area contributed by atoms with Gasteiger partial charge in [-0.3, -0.25) is 0 Å². The van der Waals surface area contributed by atoms with Crippen LogP contribution in [0.5, 0.6) is 0 Å². The summed E-state index contributed by atoms with van der Waals surface area (Å²) < 4.78 is 167. The molecule has 12 N–H and O–H groups in total. The molecule has 0 unspecified atom stereocenters. The number of primary sulfonamides is 6. The molecule has 0 saturated heterocycles. The highest BCUT2D eigenvalue weighted by Gasteiger charge is 2.44. The van der Waals surface area contributed by atoms with Crippen molar-refractivity contribution in [1.29, 1.82) is 0 Å². The maximum absolute atomic E-state index is 12.4. The minimum atomic E-state index is -4.03. The zero-order valence-electron chi connectivity index (χ0n) is 53.9. The van der Waals surface area contributed by atoms with E-state index in [2.05, 4.69) is 16.0 Å². The normalized spacial score (nSPS) is 12.5. The number of azide groups is 1. The van der Waals surface area contributed by atoms with Crippen LogP contribution in [0.25, 0.3) is 16.0 Å². The molecule has 0 aliphatic heterocycles. The molecule has 0 radical (unpaired) electrons. The van der Waals surface area contributed by atoms with Crippen molar-refractivity contribution in [1.82, 2.24) is 0 Å². The molecule has 0 amide bonds. The van der Waals surface area contributed by atoms with E-state index in [1.807, 2.05) is 75.3 Å². The van der Waals surface area contributed by atoms with E-state index >= 15 is 0 Å². The SMILES string of the molecule is C=C(C)c1ccccc1S(N)(=O)=O.CC(C)(c1ccccc1S(N)(=O)=O)C(C)(C)c1ccccc1S(N)(=O)=O.CC(C)c1cccc(C(C)(C)c2ccccc2S(N)(=O)=O)c1S(N)(=O)=O.CC(C)c1ccccc1S(=O)(=O)N=[N+]=[N-].CC(C)c1ccccc1S(N)(=O)=O. The fourth-order valence-corrected chi connectivity index (χ4v) is 16.6. The highest BCUT2D eigenvalue weighted by Crippen LogP contribution is 2.47. The molecule has 93 heavy (non-hydrogen) atoms. The van der Waals surface area contributed by atoms with Gasteiger partial charge in [0.2, 0.25) is 60.1 Å². The van der Waals surface area contributed by atoms with Gasteiger partial charge in [0.1, 0.15) is 0 Å². The smallest absolute Gasteiger partial charge is 0.225 e. The lowest BCUT2D eigenvalue weighted by Gasteiger charge is -2.44. The van der Waals surface area contributed by atoms with E-state index in [-0.39, 0.29) is 52.0 Å². The standard InChI is InChI=1S/2C18H24N2O4S2.C9H11N3O2S.C9H13NO2S.C9H11NO2S/c1-17(2,13-9-5-7-11-15(13)25(19,21)22)18(3,4)14-10-6-8-12-16(14)26(20,23)24;1-12(2)13-8-7-10-15(17(13)26(20,23)24)18(3,4)14-9-5-6-11-16(14)25(19,21)22;1-7(2)8-5-3-4-6-9(8)15(13,14)12-11-10;2*1-7(2)8-5-3-4-6-9(8)13(10,11)12/h2*5-12H,1-4H3,(H2,19,21,22)(H2,20,23,24);3-7H,1-2H3;3-7H,1-2H3,(H2,10,11,12);3-6H,1H2,2H3,(H2,10,11,12). The average molecular weight is 1410 g/mol. The molecular formula is C63H83N9O14S7. The number of rotatable bonds is 17. The molecule has 7 aromatic carbocycles. The molecule has 0 bridgehead atoms. The summed E-state index contributed by atoms with van der Waals surface area (Å²) in [4.78, 5) is 2.79. The van der Waals surface area contributed by atoms with Gasteiger partial charge in [0.25, 0.3) is 10.0 Å². The number of hydrogen-bond acceptors (Lipinski definition) is 14. The third-order valence-corrected chi connectivity index (χ3v) is 22.4. The molecule has 0 saturated carbocycles. The van der Waals surface area contributed by atoms with Crippen LogP contribution in [0.3, 0.4) is 0 Å². The van der Waals surface area contributed by atoms with Gasteiger partial charge in [-0.1, -0.05) is 217 Å². The molecule has 30 heteroatoms. The second-order valence-corrected chi connectivity index (χ2v) is 34.5. The van der Waals surface area contributed by atoms with Crippen molar-refractivity contribution in [2.24, 2.45) is 35.4 Å². The fourth-order valence-electron chi connectivity index (χ4n) is 9.90. The topological polar surface area (TPSA) is 444 Å². The molecule has 7 rings (SSSR count). The van der Waals surface area contributed by atoms with Crippen LogP contribution in [0.15, 0.2) is 209 Å². The zero-order valence-corrected chi connectivity index (χ0v) is 59.6. The summed E-state index contributed by atoms with van der Waals surface area (Å²) in [6.07, 6.45) is 0. The van der Waals surface area contributed by atoms with Gasteiger partial charge in [-0.15, -0.1) is 0 Å². The number of nitrogens with two attached hydrogens (primary N) is 6. The summed E-state index contributed by atoms with van der Waals surface area (Å²) in [7, 11) is -27.0. The Balaban J connectivity index is 0.000000314. The van der Waals surface area contributed by atoms with Crippen LogP contribution < -0.4 is 30.8 Å². The number of benzene rings is 7. The molecule has 7 aromatic rings. The van der Waals surface area contributed by atoms with E-state index in [0.29, 0.717) is 44.5 Å². The Morgan fingerprint density at radius 3 is 0.978 bits per heavy atom. The molecule has 0 atom stereocenters. The minimum Gasteiger partial charge on any atom is -0.225 e. The van der Waals surface area contributed by atoms with Crippen LogP contribution in [0, 0.1) is 0 Å². The molecule has 0 fully saturated rings.